The number of rotatable bonds is 5. The predicted octanol–water partition coefficient (Wildman–Crippen LogP) is 4.66. The summed E-state index contributed by atoms with van der Waals surface area (Å²) >= 11 is 1.80. The molecule has 0 radical (unpaired) electrons. The van der Waals surface area contributed by atoms with Crippen LogP contribution in [-0.2, 0) is 12.3 Å². The lowest BCUT2D eigenvalue weighted by atomic mass is 10.0. The van der Waals surface area contributed by atoms with Gasteiger partial charge in [-0.2, -0.15) is 11.8 Å². The first-order valence-corrected chi connectivity index (χ1v) is 11.2. The van der Waals surface area contributed by atoms with E-state index in [0.717, 1.165) is 44.0 Å². The predicted molar refractivity (Wildman–Crippen MR) is 119 cm³/mol. The van der Waals surface area contributed by atoms with Crippen LogP contribution >= 0.6 is 11.8 Å². The molecular weight excluding hydrogens is 364 g/mol. The van der Waals surface area contributed by atoms with Gasteiger partial charge in [-0.25, -0.2) is 0 Å². The van der Waals surface area contributed by atoms with Crippen molar-refractivity contribution in [1.82, 2.24) is 9.80 Å². The van der Waals surface area contributed by atoms with Crippen LogP contribution in [0.2, 0.25) is 0 Å². The Hall–Kier alpha value is -2.30. The van der Waals surface area contributed by atoms with Crippen molar-refractivity contribution in [3.63, 3.8) is 0 Å². The van der Waals surface area contributed by atoms with Crippen LogP contribution in [0.15, 0.2) is 66.7 Å². The Balaban J connectivity index is 1.37. The Kier molecular flexibility index (Phi) is 5.98. The summed E-state index contributed by atoms with van der Waals surface area (Å²) in [4.78, 5) is 17.3. The van der Waals surface area contributed by atoms with E-state index in [1.165, 1.54) is 21.9 Å². The third kappa shape index (κ3) is 4.23. The Bertz CT molecular complexity index is 941. The van der Waals surface area contributed by atoms with Gasteiger partial charge in [-0.15, -0.1) is 0 Å². The van der Waals surface area contributed by atoms with E-state index in [0.29, 0.717) is 0 Å². The maximum Gasteiger partial charge on any atom is 0.253 e. The van der Waals surface area contributed by atoms with Crippen LogP contribution in [0.4, 0.5) is 0 Å². The molecule has 1 heterocycles. The van der Waals surface area contributed by atoms with E-state index in [-0.39, 0.29) is 5.91 Å². The van der Waals surface area contributed by atoms with E-state index in [2.05, 4.69) is 65.8 Å². The van der Waals surface area contributed by atoms with Gasteiger partial charge in [-0.1, -0.05) is 54.6 Å². The second-order valence-corrected chi connectivity index (χ2v) is 8.20. The molecule has 3 aromatic carbocycles. The summed E-state index contributed by atoms with van der Waals surface area (Å²) in [7, 11) is 0. The van der Waals surface area contributed by atoms with Gasteiger partial charge >= 0.3 is 0 Å². The van der Waals surface area contributed by atoms with Crippen molar-refractivity contribution in [3.05, 3.63) is 83.4 Å². The normalized spacial score (nSPS) is 15.1. The summed E-state index contributed by atoms with van der Waals surface area (Å²) in [5.74, 6) is 1.14. The third-order valence-electron chi connectivity index (χ3n) is 5.45. The van der Waals surface area contributed by atoms with Crippen LogP contribution in [0.3, 0.4) is 0 Å². The fourth-order valence-electron chi connectivity index (χ4n) is 3.87. The zero-order valence-electron chi connectivity index (χ0n) is 16.3. The summed E-state index contributed by atoms with van der Waals surface area (Å²) in [6, 6.07) is 23.2. The van der Waals surface area contributed by atoms with Gasteiger partial charge in [0.25, 0.3) is 5.91 Å². The van der Waals surface area contributed by atoms with E-state index in [9.17, 15) is 4.79 Å². The maximum absolute atomic E-state index is 12.8. The second kappa shape index (κ2) is 8.80. The zero-order chi connectivity index (χ0) is 19.3. The first kappa shape index (κ1) is 19.0. The number of carbonyl (C=O) groups excluding carboxylic acids is 1. The van der Waals surface area contributed by atoms with Gasteiger partial charge in [0.2, 0.25) is 0 Å². The number of carbonyl (C=O) groups is 1. The van der Waals surface area contributed by atoms with E-state index in [4.69, 9.17) is 0 Å². The zero-order valence-corrected chi connectivity index (χ0v) is 17.1. The monoisotopic (exact) mass is 390 g/mol. The molecule has 0 N–H and O–H groups in total. The van der Waals surface area contributed by atoms with Crippen LogP contribution in [0, 0.1) is 0 Å². The number of piperazine rings is 1. The molecular formula is C24H26N2OS. The van der Waals surface area contributed by atoms with Crippen molar-refractivity contribution in [1.29, 1.82) is 0 Å². The molecule has 1 fully saturated rings. The van der Waals surface area contributed by atoms with Gasteiger partial charge in [-0.05, 0) is 40.3 Å². The summed E-state index contributed by atoms with van der Waals surface area (Å²) in [6.45, 7) is 4.35. The molecule has 3 aromatic rings. The minimum absolute atomic E-state index is 0.153. The summed E-state index contributed by atoms with van der Waals surface area (Å²) < 4.78 is 0. The number of hydrogen-bond acceptors (Lipinski definition) is 3. The quantitative estimate of drug-likeness (QED) is 0.633. The van der Waals surface area contributed by atoms with Gasteiger partial charge in [0.05, 0.1) is 0 Å². The number of fused-ring (bicyclic) bond motifs is 1. The lowest BCUT2D eigenvalue weighted by Crippen LogP contribution is -2.48. The molecule has 28 heavy (non-hydrogen) atoms. The molecule has 4 heteroatoms. The molecule has 1 aliphatic heterocycles. The van der Waals surface area contributed by atoms with Crippen molar-refractivity contribution in [2.75, 3.05) is 32.4 Å². The van der Waals surface area contributed by atoms with E-state index in [1.807, 2.05) is 17.0 Å². The SMILES string of the molecule is CSCc1ccc(C(=O)N2CCN(Cc3cccc4ccccc34)CC2)cc1. The fraction of sp³-hybridized carbons (Fsp3) is 0.292. The molecule has 0 aromatic heterocycles. The largest absolute Gasteiger partial charge is 0.336 e. The molecule has 1 saturated heterocycles. The molecule has 1 aliphatic rings. The van der Waals surface area contributed by atoms with Crippen molar-refractivity contribution in [2.24, 2.45) is 0 Å². The summed E-state index contributed by atoms with van der Waals surface area (Å²) in [5.41, 5.74) is 3.43. The lowest BCUT2D eigenvalue weighted by molar-refractivity contribution is 0.0629. The highest BCUT2D eigenvalue weighted by Gasteiger charge is 2.22. The first-order valence-electron chi connectivity index (χ1n) is 9.81. The Morgan fingerprint density at radius 2 is 1.61 bits per heavy atom. The molecule has 0 aliphatic carbocycles. The van der Waals surface area contributed by atoms with E-state index in [1.54, 1.807) is 11.8 Å². The van der Waals surface area contributed by atoms with Gasteiger partial charge in [0.15, 0.2) is 0 Å². The standard InChI is InChI=1S/C24H26N2OS/c1-28-18-19-9-11-21(12-10-19)24(27)26-15-13-25(14-16-26)17-22-7-4-6-20-5-2-3-8-23(20)22/h2-12H,13-18H2,1H3. The van der Waals surface area contributed by atoms with Crippen LogP contribution in [0.25, 0.3) is 10.8 Å². The number of nitrogens with zero attached hydrogens (tertiary/aromatic N) is 2. The van der Waals surface area contributed by atoms with Gasteiger partial charge in [0, 0.05) is 44.0 Å². The Morgan fingerprint density at radius 1 is 0.893 bits per heavy atom. The average Bonchev–Trinajstić information content (AvgIpc) is 2.75. The maximum atomic E-state index is 12.8. The minimum Gasteiger partial charge on any atom is -0.336 e. The van der Waals surface area contributed by atoms with Crippen molar-refractivity contribution in [2.45, 2.75) is 12.3 Å². The van der Waals surface area contributed by atoms with Gasteiger partial charge in [0.1, 0.15) is 0 Å². The molecule has 0 bridgehead atoms. The number of thioether (sulfide) groups is 1. The molecule has 0 atom stereocenters. The second-order valence-electron chi connectivity index (χ2n) is 7.34. The van der Waals surface area contributed by atoms with E-state index >= 15 is 0 Å². The molecule has 0 unspecified atom stereocenters. The van der Waals surface area contributed by atoms with Crippen LogP contribution < -0.4 is 0 Å². The first-order chi connectivity index (χ1) is 13.7. The highest BCUT2D eigenvalue weighted by molar-refractivity contribution is 7.97. The van der Waals surface area contributed by atoms with Gasteiger partial charge in [-0.3, -0.25) is 9.69 Å². The molecule has 1 amide bonds. The fourth-order valence-corrected chi connectivity index (χ4v) is 4.40. The Labute approximate surface area is 171 Å². The van der Waals surface area contributed by atoms with Crippen LogP contribution in [0.1, 0.15) is 21.5 Å². The molecule has 144 valence electrons. The highest BCUT2D eigenvalue weighted by Crippen LogP contribution is 2.21. The average molecular weight is 391 g/mol. The molecule has 0 saturated carbocycles. The Morgan fingerprint density at radius 3 is 2.36 bits per heavy atom. The number of amides is 1. The highest BCUT2D eigenvalue weighted by atomic mass is 32.2. The number of hydrogen-bond donors (Lipinski definition) is 0. The minimum atomic E-state index is 0.153. The lowest BCUT2D eigenvalue weighted by Gasteiger charge is -2.35. The smallest absolute Gasteiger partial charge is 0.253 e. The van der Waals surface area contributed by atoms with Crippen LogP contribution in [-0.4, -0.2) is 48.1 Å². The topological polar surface area (TPSA) is 23.6 Å². The van der Waals surface area contributed by atoms with Gasteiger partial charge < -0.3 is 4.90 Å². The van der Waals surface area contributed by atoms with Crippen molar-refractivity contribution >= 4 is 28.4 Å². The summed E-state index contributed by atoms with van der Waals surface area (Å²) in [6.07, 6.45) is 2.09. The molecule has 3 nitrogen and oxygen atoms in total. The van der Waals surface area contributed by atoms with Crippen molar-refractivity contribution < 1.29 is 4.79 Å². The molecule has 4 rings (SSSR count). The van der Waals surface area contributed by atoms with Crippen molar-refractivity contribution in [3.8, 4) is 0 Å². The van der Waals surface area contributed by atoms with Crippen LogP contribution in [0.5, 0.6) is 0 Å². The third-order valence-corrected chi connectivity index (χ3v) is 6.07. The summed E-state index contributed by atoms with van der Waals surface area (Å²) in [5, 5.41) is 2.62. The number of benzene rings is 3. The van der Waals surface area contributed by atoms with E-state index < -0.39 is 0 Å². The molecule has 0 spiro atoms.